The predicted octanol–water partition coefficient (Wildman–Crippen LogP) is 6.07. The molecule has 4 rings (SSSR count). The minimum absolute atomic E-state index is 0.145. The highest BCUT2D eigenvalue weighted by molar-refractivity contribution is 6.31. The normalized spacial score (nSPS) is 12.2. The van der Waals surface area contributed by atoms with Crippen molar-refractivity contribution < 1.29 is 40.3 Å². The Bertz CT molecular complexity index is 1450. The number of halogens is 7. The molecule has 0 atom stereocenters. The molecule has 0 spiro atoms. The lowest BCUT2D eigenvalue weighted by molar-refractivity contribution is -0.142. The van der Waals surface area contributed by atoms with E-state index in [0.717, 1.165) is 12.1 Å². The van der Waals surface area contributed by atoms with Crippen molar-refractivity contribution in [1.29, 1.82) is 0 Å². The van der Waals surface area contributed by atoms with Crippen LogP contribution in [-0.2, 0) is 12.4 Å². The number of alkyl halides is 6. The molecule has 178 valence electrons. The first kappa shape index (κ1) is 23.4. The van der Waals surface area contributed by atoms with Crippen molar-refractivity contribution >= 4 is 22.6 Å². The van der Waals surface area contributed by atoms with Gasteiger partial charge in [-0.3, -0.25) is 4.79 Å². The first-order valence-electron chi connectivity index (χ1n) is 9.08. The number of aromatic nitrogens is 3. The summed E-state index contributed by atoms with van der Waals surface area (Å²) in [7, 11) is 1.39. The van der Waals surface area contributed by atoms with Crippen LogP contribution in [0.3, 0.4) is 0 Å². The lowest BCUT2D eigenvalue weighted by Crippen LogP contribution is -2.21. The molecule has 0 saturated heterocycles. The zero-order chi connectivity index (χ0) is 24.8. The van der Waals surface area contributed by atoms with Crippen LogP contribution in [0.1, 0.15) is 11.3 Å². The smallest absolute Gasteiger partial charge is 0.437 e. The SMILES string of the molecule is COc1ccc2c(-c3nc(C(F)(F)F)c(Oc4ccc(Cl)c(C(F)(F)F)c4)c(=O)[nH]3)noc2c1. The van der Waals surface area contributed by atoms with E-state index in [1.165, 1.54) is 25.3 Å². The monoisotopic (exact) mass is 505 g/mol. The number of rotatable bonds is 4. The van der Waals surface area contributed by atoms with Gasteiger partial charge in [0.05, 0.1) is 23.1 Å². The van der Waals surface area contributed by atoms with E-state index >= 15 is 0 Å². The molecule has 2 heterocycles. The van der Waals surface area contributed by atoms with Crippen molar-refractivity contribution in [3.8, 4) is 28.8 Å². The number of fused-ring (bicyclic) bond motifs is 1. The maximum absolute atomic E-state index is 13.7. The van der Waals surface area contributed by atoms with E-state index in [0.29, 0.717) is 11.8 Å². The van der Waals surface area contributed by atoms with Crippen molar-refractivity contribution in [2.75, 3.05) is 7.11 Å². The van der Waals surface area contributed by atoms with Crippen LogP contribution in [0.4, 0.5) is 26.3 Å². The summed E-state index contributed by atoms with van der Waals surface area (Å²) in [6, 6.07) is 6.37. The second-order valence-corrected chi connectivity index (χ2v) is 7.13. The van der Waals surface area contributed by atoms with Gasteiger partial charge in [0.15, 0.2) is 22.8 Å². The molecule has 0 aliphatic rings. The highest BCUT2D eigenvalue weighted by atomic mass is 35.5. The molecular formula is C20H10ClF6N3O4. The molecule has 0 aliphatic heterocycles. The molecule has 0 radical (unpaired) electrons. The summed E-state index contributed by atoms with van der Waals surface area (Å²) in [6.07, 6.45) is -10.1. The third-order valence-corrected chi connectivity index (χ3v) is 4.84. The third kappa shape index (κ3) is 4.38. The van der Waals surface area contributed by atoms with Gasteiger partial charge in [-0.2, -0.15) is 26.3 Å². The Morgan fingerprint density at radius 3 is 2.35 bits per heavy atom. The molecule has 2 aromatic carbocycles. The van der Waals surface area contributed by atoms with Gasteiger partial charge in [0.25, 0.3) is 5.56 Å². The fraction of sp³-hybridized carbons (Fsp3) is 0.150. The number of H-pyrrole nitrogens is 1. The van der Waals surface area contributed by atoms with Gasteiger partial charge in [-0.1, -0.05) is 16.8 Å². The van der Waals surface area contributed by atoms with Crippen molar-refractivity contribution in [2.45, 2.75) is 12.4 Å². The van der Waals surface area contributed by atoms with Gasteiger partial charge in [-0.15, -0.1) is 0 Å². The third-order valence-electron chi connectivity index (χ3n) is 4.51. The highest BCUT2D eigenvalue weighted by Crippen LogP contribution is 2.40. The first-order valence-corrected chi connectivity index (χ1v) is 9.46. The van der Waals surface area contributed by atoms with Gasteiger partial charge in [-0.05, 0) is 30.3 Å². The minimum Gasteiger partial charge on any atom is -0.497 e. The summed E-state index contributed by atoms with van der Waals surface area (Å²) in [5.74, 6) is -2.28. The molecule has 1 N–H and O–H groups in total. The number of ether oxygens (including phenoxy) is 2. The molecular weight excluding hydrogens is 496 g/mol. The van der Waals surface area contributed by atoms with Crippen LogP contribution < -0.4 is 15.0 Å². The topological polar surface area (TPSA) is 90.2 Å². The van der Waals surface area contributed by atoms with Crippen LogP contribution in [0, 0.1) is 0 Å². The molecule has 0 unspecified atom stereocenters. The molecule has 34 heavy (non-hydrogen) atoms. The van der Waals surface area contributed by atoms with E-state index in [1.54, 1.807) is 0 Å². The number of nitrogens with zero attached hydrogens (tertiary/aromatic N) is 2. The molecule has 0 bridgehead atoms. The van der Waals surface area contributed by atoms with Crippen LogP contribution in [-0.4, -0.2) is 22.2 Å². The highest BCUT2D eigenvalue weighted by Gasteiger charge is 2.40. The Morgan fingerprint density at radius 1 is 1.00 bits per heavy atom. The van der Waals surface area contributed by atoms with Crippen molar-refractivity contribution in [1.82, 2.24) is 15.1 Å². The van der Waals surface area contributed by atoms with E-state index in [2.05, 4.69) is 15.1 Å². The van der Waals surface area contributed by atoms with E-state index in [9.17, 15) is 31.1 Å². The number of aromatic amines is 1. The van der Waals surface area contributed by atoms with Crippen LogP contribution in [0.5, 0.6) is 17.2 Å². The van der Waals surface area contributed by atoms with Crippen molar-refractivity contribution in [3.05, 3.63) is 63.0 Å². The molecule has 0 amide bonds. The van der Waals surface area contributed by atoms with Gasteiger partial charge in [0.1, 0.15) is 11.5 Å². The second-order valence-electron chi connectivity index (χ2n) is 6.72. The lowest BCUT2D eigenvalue weighted by Gasteiger charge is -2.14. The quantitative estimate of drug-likeness (QED) is 0.339. The summed E-state index contributed by atoms with van der Waals surface area (Å²) in [4.78, 5) is 18.1. The Labute approximate surface area is 189 Å². The van der Waals surface area contributed by atoms with Crippen LogP contribution in [0.15, 0.2) is 45.7 Å². The zero-order valence-corrected chi connectivity index (χ0v) is 17.4. The number of nitrogens with one attached hydrogen (secondary N) is 1. The zero-order valence-electron chi connectivity index (χ0n) is 16.6. The van der Waals surface area contributed by atoms with Gasteiger partial charge >= 0.3 is 12.4 Å². The lowest BCUT2D eigenvalue weighted by atomic mass is 10.2. The fourth-order valence-corrected chi connectivity index (χ4v) is 3.20. The largest absolute Gasteiger partial charge is 0.497 e. The molecule has 7 nitrogen and oxygen atoms in total. The molecule has 4 aromatic rings. The van der Waals surface area contributed by atoms with Crippen molar-refractivity contribution in [3.63, 3.8) is 0 Å². The van der Waals surface area contributed by atoms with Crippen LogP contribution in [0.2, 0.25) is 5.02 Å². The van der Waals surface area contributed by atoms with E-state index in [-0.39, 0.29) is 16.7 Å². The van der Waals surface area contributed by atoms with E-state index < -0.39 is 51.5 Å². The Kier molecular flexibility index (Phi) is 5.67. The van der Waals surface area contributed by atoms with E-state index in [4.69, 9.17) is 25.6 Å². The summed E-state index contributed by atoms with van der Waals surface area (Å²) < 4.78 is 95.5. The number of hydrogen-bond acceptors (Lipinski definition) is 6. The Hall–Kier alpha value is -3.74. The summed E-state index contributed by atoms with van der Waals surface area (Å²) in [5, 5.41) is 3.18. The summed E-state index contributed by atoms with van der Waals surface area (Å²) in [6.45, 7) is 0. The second kappa shape index (κ2) is 8.24. The van der Waals surface area contributed by atoms with Crippen molar-refractivity contribution in [2.24, 2.45) is 0 Å². The fourth-order valence-electron chi connectivity index (χ4n) is 2.98. The van der Waals surface area contributed by atoms with Gasteiger partial charge < -0.3 is 19.0 Å². The molecule has 2 aromatic heterocycles. The average Bonchev–Trinajstić information content (AvgIpc) is 3.17. The van der Waals surface area contributed by atoms with E-state index in [1.807, 2.05) is 0 Å². The number of hydrogen-bond donors (Lipinski definition) is 1. The maximum Gasteiger partial charge on any atom is 0.437 e. The van der Waals surface area contributed by atoms with Gasteiger partial charge in [0, 0.05) is 6.07 Å². The van der Waals surface area contributed by atoms with Gasteiger partial charge in [0.2, 0.25) is 5.75 Å². The summed E-state index contributed by atoms with van der Waals surface area (Å²) >= 11 is 5.50. The molecule has 0 saturated carbocycles. The van der Waals surface area contributed by atoms with Crippen LogP contribution in [0.25, 0.3) is 22.5 Å². The molecule has 14 heteroatoms. The minimum atomic E-state index is -5.21. The first-order chi connectivity index (χ1) is 15.9. The number of benzene rings is 2. The predicted molar refractivity (Wildman–Crippen MR) is 106 cm³/mol. The standard InChI is InChI=1S/C20H10ClF6N3O4/c1-32-8-2-4-10-13(7-8)34-30-14(10)17-28-16(20(25,26)27)15(18(31)29-17)33-9-3-5-12(21)11(6-9)19(22,23)24/h2-7H,1H3,(H,28,29,31). The summed E-state index contributed by atoms with van der Waals surface area (Å²) in [5.41, 5.74) is -4.61. The average molecular weight is 506 g/mol. The van der Waals surface area contributed by atoms with Crippen LogP contribution >= 0.6 is 11.6 Å². The van der Waals surface area contributed by atoms with Gasteiger partial charge in [-0.25, -0.2) is 4.98 Å². The molecule has 0 aliphatic carbocycles. The Balaban J connectivity index is 1.83. The maximum atomic E-state index is 13.7. The number of methoxy groups -OCH3 is 1. The molecule has 0 fully saturated rings. The Morgan fingerprint density at radius 2 is 1.71 bits per heavy atom.